The number of rotatable bonds is 9. The molecule has 0 saturated carbocycles. The highest BCUT2D eigenvalue weighted by Gasteiger charge is 2.11. The van der Waals surface area contributed by atoms with E-state index in [1.807, 2.05) is 30.3 Å². The van der Waals surface area contributed by atoms with Gasteiger partial charge in [0.15, 0.2) is 0 Å². The van der Waals surface area contributed by atoms with Gasteiger partial charge in [0.1, 0.15) is 11.9 Å². The second-order valence-electron chi connectivity index (χ2n) is 4.37. The minimum absolute atomic E-state index is 0.0530. The van der Waals surface area contributed by atoms with Crippen LogP contribution in [0.1, 0.15) is 25.7 Å². The average Bonchev–Trinajstić information content (AvgIpc) is 2.39. The fraction of sp³-hybridized carbons (Fsp3) is 0.400. The lowest BCUT2D eigenvalue weighted by Crippen LogP contribution is -2.18. The van der Waals surface area contributed by atoms with Crippen LogP contribution in [-0.4, -0.2) is 28.9 Å². The van der Waals surface area contributed by atoms with Gasteiger partial charge in [0.2, 0.25) is 0 Å². The Hall–Kier alpha value is -1.81. The summed E-state index contributed by atoms with van der Waals surface area (Å²) in [5, 5.41) is 17.7. The molecule has 19 heavy (non-hydrogen) atoms. The maximum atomic E-state index is 10.6. The van der Waals surface area contributed by atoms with Gasteiger partial charge in [0.25, 0.3) is 0 Å². The van der Waals surface area contributed by atoms with E-state index in [2.05, 4.69) is 6.58 Å². The standard InChI is InChI=1S/C15H20O4/c1-12(15(17)18)6-5-9-14(10-11-16)19-13-7-3-2-4-8-13/h2-4,7-8,14,16H,1,5-6,9-11H2,(H,17,18). The molecule has 0 aliphatic carbocycles. The smallest absolute Gasteiger partial charge is 0.330 e. The molecule has 0 saturated heterocycles. The maximum Gasteiger partial charge on any atom is 0.330 e. The lowest BCUT2D eigenvalue weighted by atomic mass is 10.1. The van der Waals surface area contributed by atoms with Crippen molar-refractivity contribution in [1.29, 1.82) is 0 Å². The molecule has 1 rings (SSSR count). The van der Waals surface area contributed by atoms with Crippen LogP contribution in [0.15, 0.2) is 42.5 Å². The first-order chi connectivity index (χ1) is 9.13. The van der Waals surface area contributed by atoms with Crippen LogP contribution >= 0.6 is 0 Å². The van der Waals surface area contributed by atoms with Crippen LogP contribution in [0.25, 0.3) is 0 Å². The van der Waals surface area contributed by atoms with Gasteiger partial charge < -0.3 is 14.9 Å². The van der Waals surface area contributed by atoms with Crippen LogP contribution in [0, 0.1) is 0 Å². The molecule has 1 atom stereocenters. The average molecular weight is 264 g/mol. The molecule has 4 nitrogen and oxygen atoms in total. The number of aliphatic carboxylic acids is 1. The van der Waals surface area contributed by atoms with E-state index >= 15 is 0 Å². The van der Waals surface area contributed by atoms with E-state index < -0.39 is 5.97 Å². The van der Waals surface area contributed by atoms with Gasteiger partial charge in [-0.2, -0.15) is 0 Å². The Balaban J connectivity index is 2.40. The van der Waals surface area contributed by atoms with Crippen molar-refractivity contribution in [2.45, 2.75) is 31.8 Å². The lowest BCUT2D eigenvalue weighted by Gasteiger charge is -2.18. The molecule has 4 heteroatoms. The van der Waals surface area contributed by atoms with Gasteiger partial charge >= 0.3 is 5.97 Å². The summed E-state index contributed by atoms with van der Waals surface area (Å²) < 4.78 is 5.76. The Morgan fingerprint density at radius 2 is 1.95 bits per heavy atom. The molecule has 0 aliphatic heterocycles. The molecule has 0 aliphatic rings. The quantitative estimate of drug-likeness (QED) is 0.673. The number of hydrogen-bond acceptors (Lipinski definition) is 3. The third-order valence-electron chi connectivity index (χ3n) is 2.80. The number of carbonyl (C=O) groups is 1. The summed E-state index contributed by atoms with van der Waals surface area (Å²) in [6, 6.07) is 9.40. The van der Waals surface area contributed by atoms with E-state index in [9.17, 15) is 4.79 Å². The van der Waals surface area contributed by atoms with Crippen molar-refractivity contribution in [2.75, 3.05) is 6.61 Å². The van der Waals surface area contributed by atoms with Crippen molar-refractivity contribution in [3.8, 4) is 5.75 Å². The van der Waals surface area contributed by atoms with Crippen molar-refractivity contribution in [3.63, 3.8) is 0 Å². The van der Waals surface area contributed by atoms with Crippen LogP contribution < -0.4 is 4.74 Å². The fourth-order valence-corrected chi connectivity index (χ4v) is 1.75. The number of aliphatic hydroxyl groups excluding tert-OH is 1. The van der Waals surface area contributed by atoms with Gasteiger partial charge in [-0.05, 0) is 31.4 Å². The predicted molar refractivity (Wildman–Crippen MR) is 73.2 cm³/mol. The fourth-order valence-electron chi connectivity index (χ4n) is 1.75. The van der Waals surface area contributed by atoms with Gasteiger partial charge in [0.05, 0.1) is 0 Å². The third kappa shape index (κ3) is 6.06. The van der Waals surface area contributed by atoms with Crippen molar-refractivity contribution in [1.82, 2.24) is 0 Å². The highest BCUT2D eigenvalue weighted by atomic mass is 16.5. The largest absolute Gasteiger partial charge is 0.490 e. The van der Waals surface area contributed by atoms with Crippen molar-refractivity contribution < 1.29 is 19.7 Å². The van der Waals surface area contributed by atoms with E-state index in [0.29, 0.717) is 25.7 Å². The minimum Gasteiger partial charge on any atom is -0.490 e. The summed E-state index contributed by atoms with van der Waals surface area (Å²) in [5.74, 6) is -0.194. The van der Waals surface area contributed by atoms with Crippen LogP contribution in [0.2, 0.25) is 0 Å². The topological polar surface area (TPSA) is 66.8 Å². The normalized spacial score (nSPS) is 11.8. The zero-order valence-electron chi connectivity index (χ0n) is 10.9. The molecule has 0 fully saturated rings. The van der Waals surface area contributed by atoms with Gasteiger partial charge in [-0.25, -0.2) is 4.79 Å². The van der Waals surface area contributed by atoms with Crippen LogP contribution in [0.5, 0.6) is 5.75 Å². The van der Waals surface area contributed by atoms with Crippen LogP contribution in [-0.2, 0) is 4.79 Å². The predicted octanol–water partition coefficient (Wildman–Crippen LogP) is 2.63. The lowest BCUT2D eigenvalue weighted by molar-refractivity contribution is -0.132. The van der Waals surface area contributed by atoms with Gasteiger partial charge in [0, 0.05) is 18.6 Å². The molecule has 2 N–H and O–H groups in total. The summed E-state index contributed by atoms with van der Waals surface area (Å²) in [4.78, 5) is 10.6. The molecular weight excluding hydrogens is 244 g/mol. The van der Waals surface area contributed by atoms with Crippen molar-refractivity contribution in [3.05, 3.63) is 42.5 Å². The minimum atomic E-state index is -0.956. The van der Waals surface area contributed by atoms with E-state index in [0.717, 1.165) is 5.75 Å². The molecule has 0 heterocycles. The Kier molecular flexibility index (Phi) is 6.68. The number of aliphatic hydroxyl groups is 1. The summed E-state index contributed by atoms with van der Waals surface area (Å²) in [6.07, 6.45) is 2.25. The summed E-state index contributed by atoms with van der Waals surface area (Å²) in [5.41, 5.74) is 0.211. The van der Waals surface area contributed by atoms with E-state index in [1.54, 1.807) is 0 Å². The first-order valence-electron chi connectivity index (χ1n) is 6.37. The highest BCUT2D eigenvalue weighted by molar-refractivity contribution is 5.85. The Morgan fingerprint density at radius 3 is 2.53 bits per heavy atom. The number of carboxylic acid groups (broad SMARTS) is 1. The van der Waals surface area contributed by atoms with E-state index in [4.69, 9.17) is 14.9 Å². The zero-order valence-corrected chi connectivity index (χ0v) is 10.9. The molecule has 0 radical (unpaired) electrons. The highest BCUT2D eigenvalue weighted by Crippen LogP contribution is 2.17. The number of carboxylic acids is 1. The first-order valence-corrected chi connectivity index (χ1v) is 6.37. The van der Waals surface area contributed by atoms with Crippen LogP contribution in [0.4, 0.5) is 0 Å². The third-order valence-corrected chi connectivity index (χ3v) is 2.80. The molecule has 1 aromatic carbocycles. The second-order valence-corrected chi connectivity index (χ2v) is 4.37. The molecule has 1 unspecified atom stereocenters. The number of hydrogen-bond donors (Lipinski definition) is 2. The molecular formula is C15H20O4. The van der Waals surface area contributed by atoms with Gasteiger partial charge in [-0.15, -0.1) is 0 Å². The second kappa shape index (κ2) is 8.32. The molecule has 0 bridgehead atoms. The van der Waals surface area contributed by atoms with E-state index in [1.165, 1.54) is 0 Å². The van der Waals surface area contributed by atoms with Crippen LogP contribution in [0.3, 0.4) is 0 Å². The number of para-hydroxylation sites is 1. The molecule has 0 amide bonds. The summed E-state index contributed by atoms with van der Waals surface area (Å²) >= 11 is 0. The zero-order chi connectivity index (χ0) is 14.1. The number of benzene rings is 1. The molecule has 0 aromatic heterocycles. The first kappa shape index (κ1) is 15.2. The van der Waals surface area contributed by atoms with E-state index in [-0.39, 0.29) is 18.3 Å². The summed E-state index contributed by atoms with van der Waals surface area (Å²) in [7, 11) is 0. The van der Waals surface area contributed by atoms with Gasteiger partial charge in [-0.1, -0.05) is 24.8 Å². The van der Waals surface area contributed by atoms with Gasteiger partial charge in [-0.3, -0.25) is 0 Å². The van der Waals surface area contributed by atoms with Crippen molar-refractivity contribution >= 4 is 5.97 Å². The summed E-state index contributed by atoms with van der Waals surface area (Å²) in [6.45, 7) is 3.54. The molecule has 0 spiro atoms. The maximum absolute atomic E-state index is 10.6. The Morgan fingerprint density at radius 1 is 1.26 bits per heavy atom. The molecule has 1 aromatic rings. The number of ether oxygens (including phenoxy) is 1. The Bertz CT molecular complexity index is 400. The molecule has 104 valence electrons. The monoisotopic (exact) mass is 264 g/mol. The SMILES string of the molecule is C=C(CCCC(CCO)Oc1ccccc1)C(=O)O. The van der Waals surface area contributed by atoms with Crippen molar-refractivity contribution in [2.24, 2.45) is 0 Å². The Labute approximate surface area is 113 Å².